The summed E-state index contributed by atoms with van der Waals surface area (Å²) < 4.78 is 0. The lowest BCUT2D eigenvalue weighted by molar-refractivity contribution is 0.112. The van der Waals surface area contributed by atoms with E-state index in [1.807, 2.05) is 0 Å². The van der Waals surface area contributed by atoms with E-state index < -0.39 is 0 Å². The zero-order chi connectivity index (χ0) is 8.55. The van der Waals surface area contributed by atoms with Gasteiger partial charge in [0.05, 0.1) is 5.52 Å². The minimum Gasteiger partial charge on any atom is -0.360 e. The van der Waals surface area contributed by atoms with Crippen molar-refractivity contribution in [3.05, 3.63) is 29.2 Å². The summed E-state index contributed by atoms with van der Waals surface area (Å²) in [6.07, 6.45) is 3.97. The number of carbonyl (C=O) groups is 1. The van der Waals surface area contributed by atoms with E-state index in [1.54, 1.807) is 18.5 Å². The maximum absolute atomic E-state index is 10.5. The Morgan fingerprint density at radius 2 is 2.42 bits per heavy atom. The summed E-state index contributed by atoms with van der Waals surface area (Å²) in [6, 6.07) is 1.77. The Balaban J connectivity index is 2.91. The average Bonchev–Trinajstić information content (AvgIpc) is 2.49. The molecule has 4 heteroatoms. The number of pyridine rings is 1. The number of aldehydes is 1. The Labute approximate surface area is 73.4 Å². The Hall–Kier alpha value is -1.35. The van der Waals surface area contributed by atoms with Crippen LogP contribution in [0.25, 0.3) is 10.9 Å². The number of hydrogen-bond acceptors (Lipinski definition) is 2. The second-order valence-electron chi connectivity index (χ2n) is 2.39. The molecule has 0 amide bonds. The fourth-order valence-corrected chi connectivity index (χ4v) is 1.42. The van der Waals surface area contributed by atoms with Gasteiger partial charge in [0.15, 0.2) is 6.29 Å². The van der Waals surface area contributed by atoms with Crippen LogP contribution in [-0.2, 0) is 0 Å². The summed E-state index contributed by atoms with van der Waals surface area (Å²) in [4.78, 5) is 17.3. The average molecular weight is 181 g/mol. The summed E-state index contributed by atoms with van der Waals surface area (Å²) >= 11 is 5.79. The van der Waals surface area contributed by atoms with E-state index in [9.17, 15) is 4.79 Å². The number of hydrogen-bond donors (Lipinski definition) is 1. The van der Waals surface area contributed by atoms with Crippen molar-refractivity contribution in [3.8, 4) is 0 Å². The van der Waals surface area contributed by atoms with Gasteiger partial charge in [-0.2, -0.15) is 0 Å². The van der Waals surface area contributed by atoms with Crippen LogP contribution in [0.5, 0.6) is 0 Å². The summed E-state index contributed by atoms with van der Waals surface area (Å²) in [7, 11) is 0. The van der Waals surface area contributed by atoms with Crippen molar-refractivity contribution in [3.63, 3.8) is 0 Å². The Kier molecular flexibility index (Phi) is 1.59. The van der Waals surface area contributed by atoms with Crippen molar-refractivity contribution < 1.29 is 4.79 Å². The molecule has 0 unspecified atom stereocenters. The van der Waals surface area contributed by atoms with Crippen molar-refractivity contribution in [1.29, 1.82) is 0 Å². The molecule has 0 bridgehead atoms. The van der Waals surface area contributed by atoms with Crippen molar-refractivity contribution in [2.24, 2.45) is 0 Å². The number of fused-ring (bicyclic) bond motifs is 1. The highest BCUT2D eigenvalue weighted by Crippen LogP contribution is 2.22. The molecular weight excluding hydrogens is 176 g/mol. The SMILES string of the molecule is O=Cc1c[nH]c2ccnc(Cl)c12. The molecule has 1 N–H and O–H groups in total. The number of halogens is 1. The first-order valence-electron chi connectivity index (χ1n) is 3.39. The second kappa shape index (κ2) is 2.60. The van der Waals surface area contributed by atoms with Crippen molar-refractivity contribution in [2.75, 3.05) is 0 Å². The molecule has 0 aliphatic heterocycles. The smallest absolute Gasteiger partial charge is 0.152 e. The van der Waals surface area contributed by atoms with Crippen LogP contribution < -0.4 is 0 Å². The number of rotatable bonds is 1. The van der Waals surface area contributed by atoms with Gasteiger partial charge in [0.1, 0.15) is 5.15 Å². The third-order valence-corrected chi connectivity index (χ3v) is 1.99. The van der Waals surface area contributed by atoms with Crippen LogP contribution in [0.1, 0.15) is 10.4 Å². The van der Waals surface area contributed by atoms with Gasteiger partial charge in [-0.05, 0) is 6.07 Å². The second-order valence-corrected chi connectivity index (χ2v) is 2.74. The lowest BCUT2D eigenvalue weighted by Gasteiger charge is -1.91. The first kappa shape index (κ1) is 7.31. The Morgan fingerprint density at radius 1 is 1.58 bits per heavy atom. The summed E-state index contributed by atoms with van der Waals surface area (Å²) in [6.45, 7) is 0. The highest BCUT2D eigenvalue weighted by molar-refractivity contribution is 6.35. The molecule has 0 fully saturated rings. The normalized spacial score (nSPS) is 10.4. The maximum Gasteiger partial charge on any atom is 0.152 e. The van der Waals surface area contributed by atoms with Gasteiger partial charge in [-0.25, -0.2) is 4.98 Å². The first-order chi connectivity index (χ1) is 5.83. The lowest BCUT2D eigenvalue weighted by Crippen LogP contribution is -1.79. The van der Waals surface area contributed by atoms with Crippen LogP contribution in [0, 0.1) is 0 Å². The molecule has 2 rings (SSSR count). The fraction of sp³-hybridized carbons (Fsp3) is 0. The van der Waals surface area contributed by atoms with Gasteiger partial charge in [-0.1, -0.05) is 11.6 Å². The molecule has 2 aromatic rings. The largest absolute Gasteiger partial charge is 0.360 e. The predicted molar refractivity (Wildman–Crippen MR) is 46.5 cm³/mol. The van der Waals surface area contributed by atoms with Crippen LogP contribution in [-0.4, -0.2) is 16.3 Å². The molecule has 60 valence electrons. The number of aromatic amines is 1. The van der Waals surface area contributed by atoms with E-state index in [-0.39, 0.29) is 0 Å². The quantitative estimate of drug-likeness (QED) is 0.539. The number of carbonyl (C=O) groups excluding carboxylic acids is 1. The van der Waals surface area contributed by atoms with E-state index in [4.69, 9.17) is 11.6 Å². The van der Waals surface area contributed by atoms with Crippen LogP contribution >= 0.6 is 11.6 Å². The van der Waals surface area contributed by atoms with Gasteiger partial charge < -0.3 is 4.98 Å². The van der Waals surface area contributed by atoms with Crippen molar-refractivity contribution in [2.45, 2.75) is 0 Å². The fourth-order valence-electron chi connectivity index (χ4n) is 1.15. The molecule has 0 aromatic carbocycles. The summed E-state index contributed by atoms with van der Waals surface area (Å²) in [5.41, 5.74) is 1.38. The molecule has 2 aromatic heterocycles. The molecule has 0 atom stereocenters. The van der Waals surface area contributed by atoms with Crippen LogP contribution in [0.4, 0.5) is 0 Å². The molecule has 12 heavy (non-hydrogen) atoms. The standard InChI is InChI=1S/C8H5ClN2O/c9-8-7-5(4-12)3-11-6(7)1-2-10-8/h1-4,11H. The van der Waals surface area contributed by atoms with Crippen molar-refractivity contribution >= 4 is 28.8 Å². The van der Waals surface area contributed by atoms with E-state index in [0.29, 0.717) is 16.1 Å². The number of nitrogens with zero attached hydrogens (tertiary/aromatic N) is 1. The molecule has 0 spiro atoms. The summed E-state index contributed by atoms with van der Waals surface area (Å²) in [5, 5.41) is 1.05. The minimum absolute atomic E-state index is 0.357. The highest BCUT2D eigenvalue weighted by atomic mass is 35.5. The lowest BCUT2D eigenvalue weighted by atomic mass is 10.2. The van der Waals surface area contributed by atoms with E-state index in [0.717, 1.165) is 11.8 Å². The molecule has 0 saturated heterocycles. The van der Waals surface area contributed by atoms with Gasteiger partial charge in [0.25, 0.3) is 0 Å². The van der Waals surface area contributed by atoms with Gasteiger partial charge in [-0.15, -0.1) is 0 Å². The maximum atomic E-state index is 10.5. The van der Waals surface area contributed by atoms with Crippen LogP contribution in [0.15, 0.2) is 18.5 Å². The third-order valence-electron chi connectivity index (χ3n) is 1.70. The van der Waals surface area contributed by atoms with Gasteiger partial charge in [-0.3, -0.25) is 4.79 Å². The number of aromatic nitrogens is 2. The molecule has 2 heterocycles. The van der Waals surface area contributed by atoms with Crippen LogP contribution in [0.2, 0.25) is 5.15 Å². The summed E-state index contributed by atoms with van der Waals surface area (Å²) in [5.74, 6) is 0. The molecule has 0 aliphatic rings. The van der Waals surface area contributed by atoms with Gasteiger partial charge in [0.2, 0.25) is 0 Å². The zero-order valence-corrected chi connectivity index (χ0v) is 6.80. The Bertz CT molecular complexity index is 436. The first-order valence-corrected chi connectivity index (χ1v) is 3.77. The molecular formula is C8H5ClN2O. The number of nitrogens with one attached hydrogen (secondary N) is 1. The van der Waals surface area contributed by atoms with Crippen LogP contribution in [0.3, 0.4) is 0 Å². The molecule has 0 aliphatic carbocycles. The molecule has 0 radical (unpaired) electrons. The topological polar surface area (TPSA) is 45.8 Å². The molecule has 0 saturated carbocycles. The molecule has 3 nitrogen and oxygen atoms in total. The van der Waals surface area contributed by atoms with Gasteiger partial charge in [0, 0.05) is 23.3 Å². The third kappa shape index (κ3) is 0.905. The van der Waals surface area contributed by atoms with Gasteiger partial charge >= 0.3 is 0 Å². The van der Waals surface area contributed by atoms with E-state index in [1.165, 1.54) is 0 Å². The highest BCUT2D eigenvalue weighted by Gasteiger charge is 2.06. The van der Waals surface area contributed by atoms with Crippen molar-refractivity contribution in [1.82, 2.24) is 9.97 Å². The monoisotopic (exact) mass is 180 g/mol. The predicted octanol–water partition coefficient (Wildman–Crippen LogP) is 2.03. The van der Waals surface area contributed by atoms with E-state index >= 15 is 0 Å². The van der Waals surface area contributed by atoms with E-state index in [2.05, 4.69) is 9.97 Å². The number of H-pyrrole nitrogens is 1. The Morgan fingerprint density at radius 3 is 3.17 bits per heavy atom. The zero-order valence-electron chi connectivity index (χ0n) is 6.04. The minimum atomic E-state index is 0.357.